The summed E-state index contributed by atoms with van der Waals surface area (Å²) in [6.07, 6.45) is 1.68. The van der Waals surface area contributed by atoms with Gasteiger partial charge in [0, 0.05) is 5.56 Å². The predicted molar refractivity (Wildman–Crippen MR) is 66.6 cm³/mol. The van der Waals surface area contributed by atoms with E-state index in [0.29, 0.717) is 11.3 Å². The minimum atomic E-state index is 0.220. The molecule has 0 saturated carbocycles. The van der Waals surface area contributed by atoms with Gasteiger partial charge in [0.1, 0.15) is 5.75 Å². The summed E-state index contributed by atoms with van der Waals surface area (Å²) in [6.45, 7) is 0. The number of fused-ring (bicyclic) bond motifs is 1. The van der Waals surface area contributed by atoms with Gasteiger partial charge in [-0.15, -0.1) is 0 Å². The van der Waals surface area contributed by atoms with Crippen molar-refractivity contribution in [1.82, 2.24) is 9.97 Å². The lowest BCUT2D eigenvalue weighted by Crippen LogP contribution is -1.88. The molecule has 0 unspecified atom stereocenters. The lowest BCUT2D eigenvalue weighted by molar-refractivity contribution is 0.477. The third-order valence-electron chi connectivity index (χ3n) is 2.63. The van der Waals surface area contributed by atoms with Crippen molar-refractivity contribution in [3.05, 3.63) is 54.7 Å². The van der Waals surface area contributed by atoms with Crippen LogP contribution in [0.4, 0.5) is 0 Å². The average molecular weight is 222 g/mol. The number of rotatable bonds is 1. The summed E-state index contributed by atoms with van der Waals surface area (Å²) in [5, 5.41) is 9.77. The molecular formula is C14H10N2O. The van der Waals surface area contributed by atoms with E-state index in [1.807, 2.05) is 36.4 Å². The molecule has 0 aliphatic rings. The van der Waals surface area contributed by atoms with Crippen molar-refractivity contribution in [1.29, 1.82) is 0 Å². The summed E-state index contributed by atoms with van der Waals surface area (Å²) in [4.78, 5) is 8.81. The lowest BCUT2D eigenvalue weighted by atomic mass is 10.1. The van der Waals surface area contributed by atoms with Crippen LogP contribution in [0.5, 0.6) is 5.75 Å². The van der Waals surface area contributed by atoms with E-state index < -0.39 is 0 Å². The lowest BCUT2D eigenvalue weighted by Gasteiger charge is -2.04. The molecule has 82 valence electrons. The highest BCUT2D eigenvalue weighted by molar-refractivity contribution is 5.78. The van der Waals surface area contributed by atoms with E-state index in [4.69, 9.17) is 0 Å². The molecular weight excluding hydrogens is 212 g/mol. The van der Waals surface area contributed by atoms with E-state index in [1.165, 1.54) is 0 Å². The van der Waals surface area contributed by atoms with Crippen molar-refractivity contribution < 1.29 is 5.11 Å². The quantitative estimate of drug-likeness (QED) is 0.688. The van der Waals surface area contributed by atoms with Crippen LogP contribution in [-0.4, -0.2) is 15.1 Å². The number of nitrogens with zero attached hydrogens (tertiary/aromatic N) is 2. The van der Waals surface area contributed by atoms with Crippen LogP contribution in [0.25, 0.3) is 22.3 Å². The zero-order chi connectivity index (χ0) is 11.7. The van der Waals surface area contributed by atoms with Crippen LogP contribution in [-0.2, 0) is 0 Å². The number of para-hydroxylation sites is 3. The Hall–Kier alpha value is -2.42. The molecule has 3 nitrogen and oxygen atoms in total. The summed E-state index contributed by atoms with van der Waals surface area (Å²) < 4.78 is 0. The van der Waals surface area contributed by atoms with Gasteiger partial charge in [0.2, 0.25) is 0 Å². The highest BCUT2D eigenvalue weighted by atomic mass is 16.3. The van der Waals surface area contributed by atoms with Gasteiger partial charge >= 0.3 is 0 Å². The molecule has 0 spiro atoms. The van der Waals surface area contributed by atoms with Crippen LogP contribution >= 0.6 is 0 Å². The minimum Gasteiger partial charge on any atom is -0.507 e. The molecule has 0 saturated heterocycles. The molecule has 3 aromatic rings. The van der Waals surface area contributed by atoms with Crippen LogP contribution < -0.4 is 0 Å². The standard InChI is InChI=1S/C14H10N2O/c17-14-8-4-1-5-10(14)13-9-15-11-6-2-3-7-12(11)16-13/h1-9,17H. The summed E-state index contributed by atoms with van der Waals surface area (Å²) >= 11 is 0. The van der Waals surface area contributed by atoms with Crippen LogP contribution in [0, 0.1) is 0 Å². The molecule has 0 bridgehead atoms. The van der Waals surface area contributed by atoms with Crippen molar-refractivity contribution in [3.8, 4) is 17.0 Å². The van der Waals surface area contributed by atoms with Gasteiger partial charge < -0.3 is 5.11 Å². The first kappa shape index (κ1) is 9.78. The second-order valence-electron chi connectivity index (χ2n) is 3.76. The van der Waals surface area contributed by atoms with Gasteiger partial charge in [0.15, 0.2) is 0 Å². The molecule has 0 aliphatic heterocycles. The first-order valence-corrected chi connectivity index (χ1v) is 5.35. The number of benzene rings is 2. The zero-order valence-electron chi connectivity index (χ0n) is 9.04. The molecule has 0 atom stereocenters. The molecule has 0 fully saturated rings. The maximum absolute atomic E-state index is 9.77. The third kappa shape index (κ3) is 1.72. The molecule has 3 rings (SSSR count). The molecule has 3 heteroatoms. The largest absolute Gasteiger partial charge is 0.507 e. The van der Waals surface area contributed by atoms with Crippen molar-refractivity contribution >= 4 is 11.0 Å². The number of phenols is 1. The third-order valence-corrected chi connectivity index (χ3v) is 2.63. The van der Waals surface area contributed by atoms with Crippen LogP contribution in [0.2, 0.25) is 0 Å². The number of hydrogen-bond acceptors (Lipinski definition) is 3. The van der Waals surface area contributed by atoms with Crippen LogP contribution in [0.1, 0.15) is 0 Å². The second-order valence-corrected chi connectivity index (χ2v) is 3.76. The number of hydrogen-bond donors (Lipinski definition) is 1. The highest BCUT2D eigenvalue weighted by Gasteiger charge is 2.05. The Morgan fingerprint density at radius 2 is 1.53 bits per heavy atom. The maximum Gasteiger partial charge on any atom is 0.125 e. The van der Waals surface area contributed by atoms with E-state index >= 15 is 0 Å². The van der Waals surface area contributed by atoms with Crippen LogP contribution in [0.15, 0.2) is 54.7 Å². The predicted octanol–water partition coefficient (Wildman–Crippen LogP) is 3.00. The summed E-state index contributed by atoms with van der Waals surface area (Å²) in [5.74, 6) is 0.220. The van der Waals surface area contributed by atoms with E-state index in [1.54, 1.807) is 18.3 Å². The van der Waals surface area contributed by atoms with Gasteiger partial charge in [0.05, 0.1) is 22.9 Å². The van der Waals surface area contributed by atoms with Crippen molar-refractivity contribution in [2.24, 2.45) is 0 Å². The Bertz CT molecular complexity index is 680. The Labute approximate surface area is 98.4 Å². The first-order valence-electron chi connectivity index (χ1n) is 5.35. The fraction of sp³-hybridized carbons (Fsp3) is 0. The average Bonchev–Trinajstić information content (AvgIpc) is 2.39. The Balaban J connectivity index is 2.22. The molecule has 1 aromatic heterocycles. The molecule has 2 aromatic carbocycles. The van der Waals surface area contributed by atoms with Crippen molar-refractivity contribution in [3.63, 3.8) is 0 Å². The van der Waals surface area contributed by atoms with E-state index in [-0.39, 0.29) is 5.75 Å². The highest BCUT2D eigenvalue weighted by Crippen LogP contribution is 2.27. The van der Waals surface area contributed by atoms with Gasteiger partial charge in [-0.3, -0.25) is 4.98 Å². The monoisotopic (exact) mass is 222 g/mol. The fourth-order valence-electron chi connectivity index (χ4n) is 1.78. The van der Waals surface area contributed by atoms with Gasteiger partial charge in [-0.05, 0) is 24.3 Å². The number of aromatic nitrogens is 2. The second kappa shape index (κ2) is 3.87. The molecule has 0 radical (unpaired) electrons. The molecule has 0 aliphatic carbocycles. The van der Waals surface area contributed by atoms with E-state index in [0.717, 1.165) is 11.0 Å². The molecule has 0 amide bonds. The smallest absolute Gasteiger partial charge is 0.125 e. The maximum atomic E-state index is 9.77. The van der Waals surface area contributed by atoms with Crippen LogP contribution in [0.3, 0.4) is 0 Å². The normalized spacial score (nSPS) is 10.6. The zero-order valence-corrected chi connectivity index (χ0v) is 9.04. The summed E-state index contributed by atoms with van der Waals surface area (Å²) in [7, 11) is 0. The topological polar surface area (TPSA) is 46.0 Å². The van der Waals surface area contributed by atoms with Gasteiger partial charge in [0.25, 0.3) is 0 Å². The van der Waals surface area contributed by atoms with E-state index in [9.17, 15) is 5.11 Å². The SMILES string of the molecule is Oc1ccccc1-c1cnc2ccccc2n1. The van der Waals surface area contributed by atoms with E-state index in [2.05, 4.69) is 9.97 Å². The van der Waals surface area contributed by atoms with Gasteiger partial charge in [-0.25, -0.2) is 4.98 Å². The number of aromatic hydroxyl groups is 1. The first-order chi connectivity index (χ1) is 8.34. The Morgan fingerprint density at radius 3 is 2.35 bits per heavy atom. The molecule has 1 N–H and O–H groups in total. The summed E-state index contributed by atoms with van der Waals surface area (Å²) in [5.41, 5.74) is 3.06. The van der Waals surface area contributed by atoms with Crippen molar-refractivity contribution in [2.45, 2.75) is 0 Å². The molecule has 17 heavy (non-hydrogen) atoms. The van der Waals surface area contributed by atoms with Gasteiger partial charge in [-0.1, -0.05) is 24.3 Å². The Morgan fingerprint density at radius 1 is 0.824 bits per heavy atom. The Kier molecular flexibility index (Phi) is 2.22. The number of phenolic OH excluding ortho intramolecular Hbond substituents is 1. The molecule has 1 heterocycles. The summed E-state index contributed by atoms with van der Waals surface area (Å²) in [6, 6.07) is 14.8. The minimum absolute atomic E-state index is 0.220. The fourth-order valence-corrected chi connectivity index (χ4v) is 1.78. The van der Waals surface area contributed by atoms with Crippen molar-refractivity contribution in [2.75, 3.05) is 0 Å². The van der Waals surface area contributed by atoms with Gasteiger partial charge in [-0.2, -0.15) is 0 Å².